The maximum Gasteiger partial charge on any atom is 0.120 e. The Morgan fingerprint density at radius 3 is 3.25 bits per heavy atom. The van der Waals surface area contributed by atoms with E-state index in [9.17, 15) is 0 Å². The van der Waals surface area contributed by atoms with E-state index in [1.165, 1.54) is 0 Å². The molecule has 2 rings (SSSR count). The summed E-state index contributed by atoms with van der Waals surface area (Å²) in [6.45, 7) is 2.15. The predicted molar refractivity (Wildman–Crippen MR) is 44.7 cm³/mol. The molecule has 1 unspecified atom stereocenters. The number of aromatic amines is 1. The van der Waals surface area contributed by atoms with E-state index in [4.69, 9.17) is 10.5 Å². The van der Waals surface area contributed by atoms with Gasteiger partial charge in [-0.25, -0.2) is 4.98 Å². The predicted octanol–water partition coefficient (Wildman–Crippen LogP) is 0.372. The third-order valence-electron chi connectivity index (χ3n) is 2.21. The van der Waals surface area contributed by atoms with Crippen LogP contribution in [0.1, 0.15) is 23.9 Å². The van der Waals surface area contributed by atoms with Crippen LogP contribution in [0.4, 0.5) is 0 Å². The number of nitrogens with zero attached hydrogens (tertiary/aromatic N) is 1. The zero-order chi connectivity index (χ0) is 8.39. The molecule has 12 heavy (non-hydrogen) atoms. The Kier molecular flexibility index (Phi) is 2.10. The monoisotopic (exact) mass is 167 g/mol. The largest absolute Gasteiger partial charge is 0.381 e. The molecular formula is C8H13N3O. The average molecular weight is 167 g/mol. The minimum absolute atomic E-state index is 0.480. The van der Waals surface area contributed by atoms with Crippen molar-refractivity contribution in [3.8, 4) is 0 Å². The Hall–Kier alpha value is -0.870. The summed E-state index contributed by atoms with van der Waals surface area (Å²) in [5, 5.41) is 0. The number of H-pyrrole nitrogens is 1. The molecule has 1 saturated heterocycles. The van der Waals surface area contributed by atoms with Crippen molar-refractivity contribution in [3.05, 3.63) is 17.7 Å². The molecule has 2 heterocycles. The number of hydrogen-bond acceptors (Lipinski definition) is 3. The normalized spacial score (nSPS) is 23.2. The van der Waals surface area contributed by atoms with Crippen molar-refractivity contribution >= 4 is 0 Å². The molecule has 1 aromatic rings. The number of aromatic nitrogens is 2. The molecule has 0 amide bonds. The summed E-state index contributed by atoms with van der Waals surface area (Å²) in [7, 11) is 0. The first-order chi connectivity index (χ1) is 5.90. The zero-order valence-corrected chi connectivity index (χ0v) is 6.92. The zero-order valence-electron chi connectivity index (χ0n) is 6.92. The van der Waals surface area contributed by atoms with E-state index < -0.39 is 0 Å². The minimum atomic E-state index is 0.480. The highest BCUT2D eigenvalue weighted by molar-refractivity contribution is 5.08. The number of imidazole rings is 1. The lowest BCUT2D eigenvalue weighted by Crippen LogP contribution is -2.01. The van der Waals surface area contributed by atoms with Gasteiger partial charge in [-0.3, -0.25) is 0 Å². The SMILES string of the molecule is NCc1ncc(C2CCOC2)[nH]1. The molecule has 0 aliphatic carbocycles. The summed E-state index contributed by atoms with van der Waals surface area (Å²) in [6, 6.07) is 0. The fraction of sp³-hybridized carbons (Fsp3) is 0.625. The lowest BCUT2D eigenvalue weighted by molar-refractivity contribution is 0.193. The molecule has 1 fully saturated rings. The van der Waals surface area contributed by atoms with Crippen LogP contribution in [0.5, 0.6) is 0 Å². The van der Waals surface area contributed by atoms with Crippen molar-refractivity contribution < 1.29 is 4.74 Å². The smallest absolute Gasteiger partial charge is 0.120 e. The maximum absolute atomic E-state index is 5.44. The lowest BCUT2D eigenvalue weighted by atomic mass is 10.1. The van der Waals surface area contributed by atoms with Crippen LogP contribution in [-0.2, 0) is 11.3 Å². The Balaban J connectivity index is 2.11. The van der Waals surface area contributed by atoms with Gasteiger partial charge in [0, 0.05) is 24.4 Å². The van der Waals surface area contributed by atoms with Gasteiger partial charge in [0.05, 0.1) is 13.2 Å². The van der Waals surface area contributed by atoms with Crippen LogP contribution in [0.3, 0.4) is 0 Å². The van der Waals surface area contributed by atoms with Crippen LogP contribution >= 0.6 is 0 Å². The van der Waals surface area contributed by atoms with Crippen molar-refractivity contribution in [2.45, 2.75) is 18.9 Å². The summed E-state index contributed by atoms with van der Waals surface area (Å²) in [6.07, 6.45) is 2.95. The summed E-state index contributed by atoms with van der Waals surface area (Å²) >= 11 is 0. The molecule has 3 N–H and O–H groups in total. The molecule has 0 aromatic carbocycles. The summed E-state index contributed by atoms with van der Waals surface area (Å²) in [5.74, 6) is 1.36. The molecule has 4 heteroatoms. The highest BCUT2D eigenvalue weighted by Gasteiger charge is 2.19. The second-order valence-corrected chi connectivity index (χ2v) is 3.05. The number of rotatable bonds is 2. The molecule has 66 valence electrons. The number of nitrogens with two attached hydrogens (primary N) is 1. The van der Waals surface area contributed by atoms with Gasteiger partial charge in [-0.05, 0) is 6.42 Å². The number of ether oxygens (including phenoxy) is 1. The van der Waals surface area contributed by atoms with E-state index in [-0.39, 0.29) is 0 Å². The summed E-state index contributed by atoms with van der Waals surface area (Å²) in [4.78, 5) is 7.33. The van der Waals surface area contributed by atoms with E-state index in [1.807, 2.05) is 6.20 Å². The van der Waals surface area contributed by atoms with Crippen LogP contribution < -0.4 is 5.73 Å². The third kappa shape index (κ3) is 1.35. The molecular weight excluding hydrogens is 154 g/mol. The van der Waals surface area contributed by atoms with Crippen LogP contribution in [-0.4, -0.2) is 23.2 Å². The molecule has 1 aliphatic rings. The van der Waals surface area contributed by atoms with Crippen LogP contribution in [0.15, 0.2) is 6.20 Å². The van der Waals surface area contributed by atoms with Gasteiger partial charge in [-0.15, -0.1) is 0 Å². The van der Waals surface area contributed by atoms with Gasteiger partial charge < -0.3 is 15.5 Å². The van der Waals surface area contributed by atoms with Gasteiger partial charge >= 0.3 is 0 Å². The Morgan fingerprint density at radius 1 is 1.75 bits per heavy atom. The Bertz CT molecular complexity index is 253. The topological polar surface area (TPSA) is 63.9 Å². The van der Waals surface area contributed by atoms with E-state index >= 15 is 0 Å². The van der Waals surface area contributed by atoms with Crippen molar-refractivity contribution in [2.75, 3.05) is 13.2 Å². The second-order valence-electron chi connectivity index (χ2n) is 3.05. The molecule has 1 atom stereocenters. The highest BCUT2D eigenvalue weighted by Crippen LogP contribution is 2.23. The van der Waals surface area contributed by atoms with Crippen LogP contribution in [0, 0.1) is 0 Å². The van der Waals surface area contributed by atoms with E-state index in [2.05, 4.69) is 9.97 Å². The molecule has 4 nitrogen and oxygen atoms in total. The standard InChI is InChI=1S/C8H13N3O/c9-3-8-10-4-7(11-8)6-1-2-12-5-6/h4,6H,1-3,5,9H2,(H,10,11). The van der Waals surface area contributed by atoms with Gasteiger partial charge in [-0.1, -0.05) is 0 Å². The van der Waals surface area contributed by atoms with Crippen molar-refractivity contribution in [2.24, 2.45) is 5.73 Å². The molecule has 0 bridgehead atoms. The second kappa shape index (κ2) is 3.25. The van der Waals surface area contributed by atoms with Crippen LogP contribution in [0.2, 0.25) is 0 Å². The van der Waals surface area contributed by atoms with E-state index in [1.54, 1.807) is 0 Å². The molecule has 0 saturated carbocycles. The third-order valence-corrected chi connectivity index (χ3v) is 2.21. The first-order valence-corrected chi connectivity index (χ1v) is 4.21. The fourth-order valence-corrected chi connectivity index (χ4v) is 1.47. The van der Waals surface area contributed by atoms with Gasteiger partial charge in [0.25, 0.3) is 0 Å². The Labute approximate surface area is 71.1 Å². The lowest BCUT2D eigenvalue weighted by Gasteiger charge is -2.01. The van der Waals surface area contributed by atoms with Crippen LogP contribution in [0.25, 0.3) is 0 Å². The summed E-state index contributed by atoms with van der Waals surface area (Å²) < 4.78 is 5.28. The molecule has 0 spiro atoms. The molecule has 0 radical (unpaired) electrons. The number of nitrogens with one attached hydrogen (secondary N) is 1. The quantitative estimate of drug-likeness (QED) is 0.669. The van der Waals surface area contributed by atoms with E-state index in [0.29, 0.717) is 12.5 Å². The minimum Gasteiger partial charge on any atom is -0.381 e. The number of hydrogen-bond donors (Lipinski definition) is 2. The molecule has 1 aromatic heterocycles. The molecule has 1 aliphatic heterocycles. The van der Waals surface area contributed by atoms with E-state index in [0.717, 1.165) is 31.2 Å². The first kappa shape index (κ1) is 7.76. The first-order valence-electron chi connectivity index (χ1n) is 4.21. The maximum atomic E-state index is 5.44. The van der Waals surface area contributed by atoms with Crippen molar-refractivity contribution in [1.82, 2.24) is 9.97 Å². The van der Waals surface area contributed by atoms with Gasteiger partial charge in [0.15, 0.2) is 0 Å². The van der Waals surface area contributed by atoms with Gasteiger partial charge in [0.2, 0.25) is 0 Å². The Morgan fingerprint density at radius 2 is 2.67 bits per heavy atom. The van der Waals surface area contributed by atoms with Gasteiger partial charge in [-0.2, -0.15) is 0 Å². The summed E-state index contributed by atoms with van der Waals surface area (Å²) in [5.41, 5.74) is 6.60. The highest BCUT2D eigenvalue weighted by atomic mass is 16.5. The fourth-order valence-electron chi connectivity index (χ4n) is 1.47. The van der Waals surface area contributed by atoms with Crippen molar-refractivity contribution in [1.29, 1.82) is 0 Å². The van der Waals surface area contributed by atoms with Gasteiger partial charge in [0.1, 0.15) is 5.82 Å². The average Bonchev–Trinajstić information content (AvgIpc) is 2.75. The van der Waals surface area contributed by atoms with Crippen molar-refractivity contribution in [3.63, 3.8) is 0 Å².